The molecule has 2 atom stereocenters. The summed E-state index contributed by atoms with van der Waals surface area (Å²) >= 11 is 0. The number of aliphatic hydroxyl groups excluding tert-OH is 1. The number of aromatic nitrogens is 2. The number of carbonyl (C=O) groups is 1. The molecular formula is C31H26FN7O3. The van der Waals surface area contributed by atoms with Gasteiger partial charge in [-0.3, -0.25) is 9.78 Å². The minimum absolute atomic E-state index is 0.0258. The molecule has 2 aromatic carbocycles. The van der Waals surface area contributed by atoms with E-state index in [9.17, 15) is 24.8 Å². The Morgan fingerprint density at radius 1 is 1.19 bits per heavy atom. The molecule has 2 aromatic heterocycles. The standard InChI is InChI=1S/C31H26FN7O3/c1-42-28-4-2-3-24(32)29(28)30-20(14-34)6-8-26(37-30)31(41)38-25-7-5-18(23-15-36-10-9-19(23)13-33)11-27(25)39-16-21(35)12-22(39)17-40/h2-11,15,21-22,40H,12,16-17,35H2,1H3,(H,38,41). The number of nitrogens with two attached hydrogens (primary N) is 1. The molecule has 10 nitrogen and oxygen atoms in total. The number of ether oxygens (including phenoxy) is 1. The highest BCUT2D eigenvalue weighted by atomic mass is 19.1. The number of anilines is 2. The molecule has 5 rings (SSSR count). The minimum atomic E-state index is -0.652. The summed E-state index contributed by atoms with van der Waals surface area (Å²) in [6.45, 7) is 0.286. The SMILES string of the molecule is COc1cccc(F)c1-c1nc(C(=O)Nc2ccc(-c3cnccc3C#N)cc2N2CC(N)CC2CO)ccc1C#N. The molecule has 3 heterocycles. The number of halogens is 1. The van der Waals surface area contributed by atoms with Crippen molar-refractivity contribution in [2.75, 3.05) is 30.5 Å². The predicted octanol–water partition coefficient (Wildman–Crippen LogP) is 3.85. The Kier molecular flexibility index (Phi) is 8.07. The van der Waals surface area contributed by atoms with Gasteiger partial charge in [-0.15, -0.1) is 0 Å². The van der Waals surface area contributed by atoms with Crippen molar-refractivity contribution in [2.45, 2.75) is 18.5 Å². The smallest absolute Gasteiger partial charge is 0.274 e. The second-order valence-electron chi connectivity index (χ2n) is 9.73. The molecule has 1 aliphatic heterocycles. The van der Waals surface area contributed by atoms with E-state index in [-0.39, 0.29) is 47.0 Å². The number of benzene rings is 2. The highest BCUT2D eigenvalue weighted by Crippen LogP contribution is 2.37. The third-order valence-electron chi connectivity index (χ3n) is 7.15. The van der Waals surface area contributed by atoms with E-state index in [0.717, 1.165) is 0 Å². The second kappa shape index (κ2) is 12.0. The van der Waals surface area contributed by atoms with Gasteiger partial charge in [0, 0.05) is 30.5 Å². The quantitative estimate of drug-likeness (QED) is 0.303. The zero-order chi connectivity index (χ0) is 29.8. The van der Waals surface area contributed by atoms with Gasteiger partial charge in [0.1, 0.15) is 23.3 Å². The Morgan fingerprint density at radius 2 is 2.00 bits per heavy atom. The van der Waals surface area contributed by atoms with Crippen molar-refractivity contribution in [2.24, 2.45) is 5.73 Å². The lowest BCUT2D eigenvalue weighted by atomic mass is 10.0. The largest absolute Gasteiger partial charge is 0.496 e. The van der Waals surface area contributed by atoms with Gasteiger partial charge in [-0.05, 0) is 54.4 Å². The van der Waals surface area contributed by atoms with Crippen molar-refractivity contribution >= 4 is 17.3 Å². The van der Waals surface area contributed by atoms with Gasteiger partial charge >= 0.3 is 0 Å². The van der Waals surface area contributed by atoms with Crippen LogP contribution in [-0.2, 0) is 0 Å². The highest BCUT2D eigenvalue weighted by Gasteiger charge is 2.32. The van der Waals surface area contributed by atoms with Gasteiger partial charge in [0.2, 0.25) is 0 Å². The molecule has 0 aliphatic carbocycles. The van der Waals surface area contributed by atoms with Crippen LogP contribution in [0.3, 0.4) is 0 Å². The first-order valence-corrected chi connectivity index (χ1v) is 13.1. The van der Waals surface area contributed by atoms with Crippen LogP contribution in [0.15, 0.2) is 67.0 Å². The highest BCUT2D eigenvalue weighted by molar-refractivity contribution is 6.05. The van der Waals surface area contributed by atoms with Gasteiger partial charge in [0.25, 0.3) is 5.91 Å². The molecule has 1 amide bonds. The zero-order valence-electron chi connectivity index (χ0n) is 22.6. The summed E-state index contributed by atoms with van der Waals surface area (Å²) in [6, 6.07) is 17.6. The van der Waals surface area contributed by atoms with Crippen molar-refractivity contribution in [3.63, 3.8) is 0 Å². The molecule has 0 spiro atoms. The molecule has 1 saturated heterocycles. The van der Waals surface area contributed by atoms with E-state index in [1.54, 1.807) is 30.5 Å². The molecule has 0 radical (unpaired) electrons. The Balaban J connectivity index is 1.57. The van der Waals surface area contributed by atoms with E-state index >= 15 is 0 Å². The molecule has 42 heavy (non-hydrogen) atoms. The fourth-order valence-corrected chi connectivity index (χ4v) is 5.14. The average molecular weight is 564 g/mol. The monoisotopic (exact) mass is 563 g/mol. The fraction of sp³-hybridized carbons (Fsp3) is 0.194. The molecule has 4 aromatic rings. The number of nitrogens with one attached hydrogen (secondary N) is 1. The molecule has 0 bridgehead atoms. The van der Waals surface area contributed by atoms with Gasteiger partial charge in [-0.2, -0.15) is 10.5 Å². The van der Waals surface area contributed by atoms with Crippen LogP contribution in [0.4, 0.5) is 15.8 Å². The van der Waals surface area contributed by atoms with E-state index in [2.05, 4.69) is 21.4 Å². The molecule has 1 fully saturated rings. The lowest BCUT2D eigenvalue weighted by Gasteiger charge is -2.28. The number of methoxy groups -OCH3 is 1. The summed E-state index contributed by atoms with van der Waals surface area (Å²) in [5.41, 5.74) is 8.92. The van der Waals surface area contributed by atoms with Crippen LogP contribution in [0.1, 0.15) is 28.0 Å². The summed E-state index contributed by atoms with van der Waals surface area (Å²) in [5.74, 6) is -1.09. The average Bonchev–Trinajstić information content (AvgIpc) is 3.41. The summed E-state index contributed by atoms with van der Waals surface area (Å²) in [5, 5.41) is 32.2. The number of pyridine rings is 2. The molecular weight excluding hydrogens is 537 g/mol. The first-order chi connectivity index (χ1) is 20.4. The van der Waals surface area contributed by atoms with E-state index in [1.807, 2.05) is 17.0 Å². The van der Waals surface area contributed by atoms with Gasteiger partial charge in [-0.1, -0.05) is 12.1 Å². The van der Waals surface area contributed by atoms with Crippen LogP contribution >= 0.6 is 0 Å². The number of hydrogen-bond acceptors (Lipinski definition) is 9. The normalized spacial score (nSPS) is 16.0. The van der Waals surface area contributed by atoms with Crippen LogP contribution in [0.25, 0.3) is 22.4 Å². The Labute approximate surface area is 241 Å². The van der Waals surface area contributed by atoms with Crippen molar-refractivity contribution in [3.05, 3.63) is 89.6 Å². The van der Waals surface area contributed by atoms with Gasteiger partial charge < -0.3 is 25.8 Å². The maximum atomic E-state index is 14.9. The summed E-state index contributed by atoms with van der Waals surface area (Å²) in [4.78, 5) is 24.0. The number of carbonyl (C=O) groups excluding carboxylic acids is 1. The summed E-state index contributed by atoms with van der Waals surface area (Å²) in [7, 11) is 1.38. The molecule has 11 heteroatoms. The van der Waals surface area contributed by atoms with Gasteiger partial charge in [-0.25, -0.2) is 9.37 Å². The van der Waals surface area contributed by atoms with Crippen molar-refractivity contribution in [1.29, 1.82) is 10.5 Å². The Hall–Kier alpha value is -5.36. The second-order valence-corrected chi connectivity index (χ2v) is 9.73. The third kappa shape index (κ3) is 5.34. The van der Waals surface area contributed by atoms with Gasteiger partial charge in [0.05, 0.1) is 59.6 Å². The number of nitrogens with zero attached hydrogens (tertiary/aromatic N) is 5. The first kappa shape index (κ1) is 28.2. The van der Waals surface area contributed by atoms with Gasteiger partial charge in [0.15, 0.2) is 0 Å². The molecule has 1 aliphatic rings. The lowest BCUT2D eigenvalue weighted by molar-refractivity contribution is 0.102. The van der Waals surface area contributed by atoms with Crippen molar-refractivity contribution in [1.82, 2.24) is 9.97 Å². The zero-order valence-corrected chi connectivity index (χ0v) is 22.6. The summed E-state index contributed by atoms with van der Waals surface area (Å²) in [6.07, 6.45) is 3.68. The van der Waals surface area contributed by atoms with E-state index in [0.29, 0.717) is 41.0 Å². The Morgan fingerprint density at radius 3 is 2.74 bits per heavy atom. The number of amides is 1. The lowest BCUT2D eigenvalue weighted by Crippen LogP contribution is -2.33. The van der Waals surface area contributed by atoms with E-state index < -0.39 is 11.7 Å². The predicted molar refractivity (Wildman–Crippen MR) is 154 cm³/mol. The molecule has 2 unspecified atom stereocenters. The Bertz CT molecular complexity index is 1750. The molecule has 4 N–H and O–H groups in total. The first-order valence-electron chi connectivity index (χ1n) is 13.1. The number of nitriles is 2. The molecule has 210 valence electrons. The number of aliphatic hydroxyl groups is 1. The van der Waals surface area contributed by atoms with Crippen molar-refractivity contribution < 1.29 is 19.0 Å². The topological polar surface area (TPSA) is 161 Å². The van der Waals surface area contributed by atoms with Crippen molar-refractivity contribution in [3.8, 4) is 40.3 Å². The van der Waals surface area contributed by atoms with E-state index in [4.69, 9.17) is 10.5 Å². The van der Waals surface area contributed by atoms with Crippen LogP contribution < -0.4 is 20.7 Å². The fourth-order valence-electron chi connectivity index (χ4n) is 5.14. The number of hydrogen-bond donors (Lipinski definition) is 3. The van der Waals surface area contributed by atoms with Crippen LogP contribution in [-0.4, -0.2) is 53.3 Å². The third-order valence-corrected chi connectivity index (χ3v) is 7.15. The van der Waals surface area contributed by atoms with E-state index in [1.165, 1.54) is 37.6 Å². The number of rotatable bonds is 7. The summed E-state index contributed by atoms with van der Waals surface area (Å²) < 4.78 is 20.2. The molecule has 0 saturated carbocycles. The van der Waals surface area contributed by atoms with Crippen LogP contribution in [0.2, 0.25) is 0 Å². The van der Waals surface area contributed by atoms with Crippen LogP contribution in [0, 0.1) is 28.5 Å². The van der Waals surface area contributed by atoms with Crippen LogP contribution in [0.5, 0.6) is 5.75 Å². The maximum Gasteiger partial charge on any atom is 0.274 e. The maximum absolute atomic E-state index is 14.9. The minimum Gasteiger partial charge on any atom is -0.496 e.